The number of hydrogen-bond acceptors (Lipinski definition) is 7. The van der Waals surface area contributed by atoms with Crippen LogP contribution in [0.1, 0.15) is 12.8 Å². The molecule has 1 heterocycles. The Hall–Kier alpha value is -1.46. The topological polar surface area (TPSA) is 159 Å². The van der Waals surface area contributed by atoms with Crippen LogP contribution < -0.4 is 16.4 Å². The molecule has 0 aromatic carbocycles. The summed E-state index contributed by atoms with van der Waals surface area (Å²) in [6.07, 6.45) is -0.176. The number of hydrogen-bond donors (Lipinski definition) is 5. The smallest absolute Gasteiger partial charge is 0.322 e. The van der Waals surface area contributed by atoms with E-state index in [1.54, 1.807) is 0 Å². The van der Waals surface area contributed by atoms with Crippen LogP contribution in [0, 0.1) is 0 Å². The number of aliphatic carboxylic acids is 2. The van der Waals surface area contributed by atoms with Gasteiger partial charge in [0.1, 0.15) is 18.1 Å². The van der Waals surface area contributed by atoms with Crippen molar-refractivity contribution in [2.45, 2.75) is 24.4 Å². The fraction of sp³-hybridized carbons (Fsp3) is 0.636. The Morgan fingerprint density at radius 2 is 1.77 bits per heavy atom. The number of carbonyl (C=O) groups is 4. The van der Waals surface area contributed by atoms with Gasteiger partial charge in [-0.05, 0) is 6.42 Å². The van der Waals surface area contributed by atoms with Crippen molar-refractivity contribution in [3.05, 3.63) is 0 Å². The molecule has 1 rings (SSSR count). The average Bonchev–Trinajstić information content (AvgIpc) is 2.91. The number of nitrogens with two attached hydrogens (primary N) is 1. The van der Waals surface area contributed by atoms with Crippen molar-refractivity contribution >= 4 is 45.3 Å². The molecule has 9 nitrogen and oxygen atoms in total. The SMILES string of the molecule is N[C@@H](CCC(=O)NC1(C(=O)NCC(=O)O)CSSC1)C(=O)O. The molecule has 6 N–H and O–H groups in total. The zero-order chi connectivity index (χ0) is 16.8. The van der Waals surface area contributed by atoms with E-state index in [1.807, 2.05) is 0 Å². The quantitative estimate of drug-likeness (QED) is 0.332. The number of rotatable bonds is 8. The molecule has 2 amide bonds. The van der Waals surface area contributed by atoms with Crippen LogP contribution in [0.3, 0.4) is 0 Å². The van der Waals surface area contributed by atoms with E-state index in [4.69, 9.17) is 15.9 Å². The summed E-state index contributed by atoms with van der Waals surface area (Å²) in [6.45, 7) is -0.532. The Morgan fingerprint density at radius 1 is 1.18 bits per heavy atom. The Balaban J connectivity index is 2.59. The van der Waals surface area contributed by atoms with Crippen molar-refractivity contribution in [3.63, 3.8) is 0 Å². The van der Waals surface area contributed by atoms with Gasteiger partial charge in [0.15, 0.2) is 0 Å². The van der Waals surface area contributed by atoms with Gasteiger partial charge in [-0.3, -0.25) is 19.2 Å². The van der Waals surface area contributed by atoms with Gasteiger partial charge in [0, 0.05) is 17.9 Å². The summed E-state index contributed by atoms with van der Waals surface area (Å²) in [7, 11) is 2.78. The zero-order valence-corrected chi connectivity index (χ0v) is 13.2. The van der Waals surface area contributed by atoms with Gasteiger partial charge < -0.3 is 26.6 Å². The summed E-state index contributed by atoms with van der Waals surface area (Å²) in [6, 6.07) is -1.14. The van der Waals surface area contributed by atoms with Crippen LogP contribution >= 0.6 is 21.6 Å². The molecule has 0 spiro atoms. The van der Waals surface area contributed by atoms with E-state index in [1.165, 1.54) is 21.6 Å². The van der Waals surface area contributed by atoms with Gasteiger partial charge in [-0.2, -0.15) is 0 Å². The van der Waals surface area contributed by atoms with Gasteiger partial charge >= 0.3 is 11.9 Å². The monoisotopic (exact) mass is 351 g/mol. The highest BCUT2D eigenvalue weighted by atomic mass is 33.1. The van der Waals surface area contributed by atoms with Crippen LogP contribution in [0.5, 0.6) is 0 Å². The van der Waals surface area contributed by atoms with Crippen molar-refractivity contribution in [2.24, 2.45) is 5.73 Å². The first-order valence-electron chi connectivity index (χ1n) is 6.31. The van der Waals surface area contributed by atoms with Crippen molar-refractivity contribution in [1.82, 2.24) is 10.6 Å². The normalized spacial score (nSPS) is 17.5. The van der Waals surface area contributed by atoms with Gasteiger partial charge in [-0.25, -0.2) is 0 Å². The first kappa shape index (κ1) is 18.6. The lowest BCUT2D eigenvalue weighted by Crippen LogP contribution is -2.61. The molecule has 1 fully saturated rings. The average molecular weight is 351 g/mol. The van der Waals surface area contributed by atoms with Gasteiger partial charge in [0.2, 0.25) is 11.8 Å². The Bertz CT molecular complexity index is 467. The molecule has 0 aromatic heterocycles. The third kappa shape index (κ3) is 5.39. The molecule has 1 aliphatic rings. The van der Waals surface area contributed by atoms with Gasteiger partial charge in [-0.15, -0.1) is 0 Å². The lowest BCUT2D eigenvalue weighted by Gasteiger charge is -2.27. The molecule has 11 heteroatoms. The standard InChI is InChI=1S/C11H17N3O6S2/c12-6(9(18)19)1-2-7(15)14-11(4-21-22-5-11)10(20)13-3-8(16)17/h6H,1-5,12H2,(H,13,20)(H,14,15)(H,16,17)(H,18,19)/t6-/m0/s1. The van der Waals surface area contributed by atoms with Crippen LogP contribution in [0.25, 0.3) is 0 Å². The van der Waals surface area contributed by atoms with E-state index in [-0.39, 0.29) is 12.8 Å². The lowest BCUT2D eigenvalue weighted by molar-refractivity contribution is -0.139. The number of amides is 2. The second kappa shape index (κ2) is 8.25. The van der Waals surface area contributed by atoms with E-state index in [9.17, 15) is 19.2 Å². The first-order chi connectivity index (χ1) is 10.3. The Kier molecular flexibility index (Phi) is 6.97. The van der Waals surface area contributed by atoms with E-state index in [2.05, 4.69) is 10.6 Å². The molecule has 0 aliphatic carbocycles. The second-order valence-corrected chi connectivity index (χ2v) is 7.18. The van der Waals surface area contributed by atoms with Crippen molar-refractivity contribution in [1.29, 1.82) is 0 Å². The molecule has 0 aromatic rings. The molecule has 0 radical (unpaired) electrons. The summed E-state index contributed by atoms with van der Waals surface area (Å²) in [5.74, 6) is -2.83. The van der Waals surface area contributed by atoms with E-state index in [0.29, 0.717) is 11.5 Å². The summed E-state index contributed by atoms with van der Waals surface area (Å²) in [4.78, 5) is 45.1. The van der Waals surface area contributed by atoms with Crippen molar-refractivity contribution in [3.8, 4) is 0 Å². The minimum Gasteiger partial charge on any atom is -0.480 e. The molecular weight excluding hydrogens is 334 g/mol. The molecule has 0 unspecified atom stereocenters. The van der Waals surface area contributed by atoms with E-state index >= 15 is 0 Å². The summed E-state index contributed by atoms with van der Waals surface area (Å²) >= 11 is 0. The fourth-order valence-electron chi connectivity index (χ4n) is 1.65. The molecular formula is C11H17N3O6S2. The summed E-state index contributed by atoms with van der Waals surface area (Å²) in [5, 5.41) is 22.1. The maximum atomic E-state index is 12.1. The van der Waals surface area contributed by atoms with Crippen LogP contribution in [0.2, 0.25) is 0 Å². The molecule has 124 valence electrons. The van der Waals surface area contributed by atoms with E-state index in [0.717, 1.165) is 0 Å². The maximum absolute atomic E-state index is 12.1. The third-order valence-electron chi connectivity index (χ3n) is 2.91. The Morgan fingerprint density at radius 3 is 2.27 bits per heavy atom. The minimum absolute atomic E-state index is 0.0473. The van der Waals surface area contributed by atoms with Crippen LogP contribution in [-0.4, -0.2) is 63.6 Å². The number of carboxylic acids is 2. The van der Waals surface area contributed by atoms with Gasteiger partial charge in [0.05, 0.1) is 0 Å². The maximum Gasteiger partial charge on any atom is 0.322 e. The zero-order valence-electron chi connectivity index (χ0n) is 11.5. The first-order valence-corrected chi connectivity index (χ1v) is 8.79. The Labute approximate surface area is 134 Å². The summed E-state index contributed by atoms with van der Waals surface area (Å²) < 4.78 is 0. The lowest BCUT2D eigenvalue weighted by atomic mass is 10.0. The molecule has 1 saturated heterocycles. The van der Waals surface area contributed by atoms with Crippen molar-refractivity contribution < 1.29 is 29.4 Å². The molecule has 0 saturated carbocycles. The predicted octanol–water partition coefficient (Wildman–Crippen LogP) is -1.37. The molecule has 0 bridgehead atoms. The van der Waals surface area contributed by atoms with Gasteiger partial charge in [0.25, 0.3) is 0 Å². The second-order valence-electron chi connectivity index (χ2n) is 4.71. The highest BCUT2D eigenvalue weighted by Crippen LogP contribution is 2.37. The fourth-order valence-corrected chi connectivity index (χ4v) is 4.67. The molecule has 1 aliphatic heterocycles. The molecule has 22 heavy (non-hydrogen) atoms. The van der Waals surface area contributed by atoms with Crippen LogP contribution in [-0.2, 0) is 19.2 Å². The highest BCUT2D eigenvalue weighted by Gasteiger charge is 2.43. The predicted molar refractivity (Wildman–Crippen MR) is 81.3 cm³/mol. The van der Waals surface area contributed by atoms with Crippen molar-refractivity contribution in [2.75, 3.05) is 18.1 Å². The number of carbonyl (C=O) groups excluding carboxylic acids is 2. The number of nitrogens with one attached hydrogen (secondary N) is 2. The van der Waals surface area contributed by atoms with Crippen LogP contribution in [0.4, 0.5) is 0 Å². The largest absolute Gasteiger partial charge is 0.480 e. The number of carboxylic acid groups (broad SMARTS) is 2. The minimum atomic E-state index is -1.20. The van der Waals surface area contributed by atoms with Gasteiger partial charge in [-0.1, -0.05) is 21.6 Å². The highest BCUT2D eigenvalue weighted by molar-refractivity contribution is 8.77. The molecule has 1 atom stereocenters. The van der Waals surface area contributed by atoms with E-state index < -0.39 is 41.9 Å². The third-order valence-corrected chi connectivity index (χ3v) is 5.50. The summed E-state index contributed by atoms with van der Waals surface area (Å²) in [5.41, 5.74) is 4.13. The van der Waals surface area contributed by atoms with Crippen LogP contribution in [0.15, 0.2) is 0 Å².